The molecule has 23 heavy (non-hydrogen) atoms. The highest BCUT2D eigenvalue weighted by Crippen LogP contribution is 2.44. The van der Waals surface area contributed by atoms with Crippen molar-refractivity contribution in [3.8, 4) is 0 Å². The summed E-state index contributed by atoms with van der Waals surface area (Å²) < 4.78 is 41.2. The van der Waals surface area contributed by atoms with Gasteiger partial charge in [-0.3, -0.25) is 4.79 Å². The molecule has 8 heteroatoms. The molecule has 0 aliphatic heterocycles. The minimum atomic E-state index is -4.51. The third-order valence-corrected chi connectivity index (χ3v) is 4.28. The molecule has 0 N–H and O–H groups in total. The van der Waals surface area contributed by atoms with Crippen molar-refractivity contribution in [3.63, 3.8) is 0 Å². The average Bonchev–Trinajstić information content (AvgIpc) is 3.39. The van der Waals surface area contributed by atoms with E-state index in [4.69, 9.17) is 0 Å². The highest BCUT2D eigenvalue weighted by atomic mass is 19.4. The van der Waals surface area contributed by atoms with Gasteiger partial charge in [-0.05, 0) is 31.7 Å². The molecule has 0 unspecified atom stereocenters. The van der Waals surface area contributed by atoms with Gasteiger partial charge in [0.15, 0.2) is 5.82 Å². The Labute approximate surface area is 129 Å². The summed E-state index contributed by atoms with van der Waals surface area (Å²) in [6.45, 7) is 0.146. The quantitative estimate of drug-likeness (QED) is 0.869. The van der Waals surface area contributed by atoms with Gasteiger partial charge in [0.05, 0.1) is 12.1 Å². The summed E-state index contributed by atoms with van der Waals surface area (Å²) >= 11 is 0. The van der Waals surface area contributed by atoms with E-state index in [1.54, 1.807) is 0 Å². The van der Waals surface area contributed by atoms with Crippen LogP contribution in [-0.4, -0.2) is 19.3 Å². The van der Waals surface area contributed by atoms with Crippen molar-refractivity contribution in [1.29, 1.82) is 0 Å². The Balaban J connectivity index is 1.65. The molecule has 122 valence electrons. The maximum Gasteiger partial charge on any atom is 0.416 e. The fourth-order valence-electron chi connectivity index (χ4n) is 2.76. The minimum absolute atomic E-state index is 0.146. The number of nitrogens with zero attached hydrogens (tertiary/aromatic N) is 4. The highest BCUT2D eigenvalue weighted by molar-refractivity contribution is 5.16. The number of alkyl halides is 3. The van der Waals surface area contributed by atoms with Crippen LogP contribution >= 0.6 is 0 Å². The molecule has 5 nitrogen and oxygen atoms in total. The van der Waals surface area contributed by atoms with Gasteiger partial charge in [0.1, 0.15) is 5.82 Å². The maximum absolute atomic E-state index is 12.6. The van der Waals surface area contributed by atoms with Crippen molar-refractivity contribution in [2.45, 2.75) is 50.4 Å². The Bertz CT molecular complexity index is 800. The van der Waals surface area contributed by atoms with Crippen LogP contribution in [0.3, 0.4) is 0 Å². The monoisotopic (exact) mass is 324 g/mol. The van der Waals surface area contributed by atoms with Gasteiger partial charge in [0.2, 0.25) is 0 Å². The van der Waals surface area contributed by atoms with Crippen LogP contribution in [0.25, 0.3) is 0 Å². The van der Waals surface area contributed by atoms with Gasteiger partial charge >= 0.3 is 6.18 Å². The Kier molecular flexibility index (Phi) is 3.11. The molecule has 2 heterocycles. The van der Waals surface area contributed by atoms with Crippen LogP contribution in [0.5, 0.6) is 0 Å². The van der Waals surface area contributed by atoms with E-state index in [1.807, 2.05) is 0 Å². The summed E-state index contributed by atoms with van der Waals surface area (Å²) in [5, 5.41) is 8.42. The van der Waals surface area contributed by atoms with Crippen molar-refractivity contribution in [2.75, 3.05) is 0 Å². The molecule has 0 amide bonds. The number of rotatable bonds is 4. The van der Waals surface area contributed by atoms with Gasteiger partial charge in [-0.15, -0.1) is 10.2 Å². The predicted molar refractivity (Wildman–Crippen MR) is 75.1 cm³/mol. The second kappa shape index (κ2) is 4.94. The maximum atomic E-state index is 12.6. The van der Waals surface area contributed by atoms with Crippen LogP contribution < -0.4 is 5.56 Å². The summed E-state index contributed by atoms with van der Waals surface area (Å²) in [6.07, 6.45) is 0.995. The molecule has 4 rings (SSSR count). The van der Waals surface area contributed by atoms with Crippen LogP contribution in [0.4, 0.5) is 13.2 Å². The molecule has 0 radical (unpaired) electrons. The smallest absolute Gasteiger partial charge is 0.310 e. The number of hydrogen-bond acceptors (Lipinski definition) is 3. The van der Waals surface area contributed by atoms with E-state index in [2.05, 4.69) is 14.8 Å². The van der Waals surface area contributed by atoms with Crippen LogP contribution in [0.2, 0.25) is 0 Å². The van der Waals surface area contributed by atoms with Crippen molar-refractivity contribution < 1.29 is 13.2 Å². The van der Waals surface area contributed by atoms with E-state index < -0.39 is 17.3 Å². The van der Waals surface area contributed by atoms with Crippen LogP contribution in [-0.2, 0) is 12.7 Å². The second-order valence-electron chi connectivity index (χ2n) is 6.23. The first-order chi connectivity index (χ1) is 10.9. The zero-order valence-electron chi connectivity index (χ0n) is 12.3. The molecule has 0 aromatic carbocycles. The van der Waals surface area contributed by atoms with Crippen LogP contribution in [0.1, 0.15) is 54.9 Å². The molecule has 0 saturated heterocycles. The van der Waals surface area contributed by atoms with Crippen molar-refractivity contribution in [2.24, 2.45) is 0 Å². The van der Waals surface area contributed by atoms with E-state index >= 15 is 0 Å². The molecule has 2 aliphatic rings. The summed E-state index contributed by atoms with van der Waals surface area (Å²) in [6, 6.07) is 1.92. The summed E-state index contributed by atoms with van der Waals surface area (Å²) in [5.74, 6) is 2.06. The number of aromatic nitrogens is 4. The molecule has 2 aromatic rings. The number of halogens is 3. The Hall–Kier alpha value is -2.12. The normalized spacial score (nSPS) is 18.4. The number of pyridine rings is 1. The van der Waals surface area contributed by atoms with Gasteiger partial charge in [0, 0.05) is 24.2 Å². The molecule has 0 atom stereocenters. The second-order valence-corrected chi connectivity index (χ2v) is 6.23. The van der Waals surface area contributed by atoms with Gasteiger partial charge in [-0.2, -0.15) is 13.2 Å². The number of hydrogen-bond donors (Lipinski definition) is 0. The fourth-order valence-corrected chi connectivity index (χ4v) is 2.76. The zero-order chi connectivity index (χ0) is 16.2. The van der Waals surface area contributed by atoms with E-state index in [-0.39, 0.29) is 6.54 Å². The molecular formula is C15H15F3N4O. The molecule has 2 saturated carbocycles. The van der Waals surface area contributed by atoms with E-state index in [0.29, 0.717) is 23.9 Å². The molecule has 2 aromatic heterocycles. The molecular weight excluding hydrogens is 309 g/mol. The van der Waals surface area contributed by atoms with Gasteiger partial charge < -0.3 is 9.13 Å². The SMILES string of the molecule is O=c1cc(C(F)(F)F)ccn1Cc1nnc(C2CC2)n1C1CC1. The first-order valence-corrected chi connectivity index (χ1v) is 7.65. The molecule has 0 spiro atoms. The summed E-state index contributed by atoms with van der Waals surface area (Å²) in [5.41, 5.74) is -1.61. The molecule has 2 fully saturated rings. The standard InChI is InChI=1S/C15H15F3N4O/c16-15(17,18)10-5-6-21(13(23)7-10)8-12-19-20-14(9-1-2-9)22(12)11-3-4-11/h5-7,9,11H,1-4,8H2. The van der Waals surface area contributed by atoms with Crippen LogP contribution in [0, 0.1) is 0 Å². The Morgan fingerprint density at radius 3 is 2.48 bits per heavy atom. The molecule has 0 bridgehead atoms. The lowest BCUT2D eigenvalue weighted by atomic mass is 10.2. The summed E-state index contributed by atoms with van der Waals surface area (Å²) in [4.78, 5) is 11.9. The van der Waals surface area contributed by atoms with Crippen molar-refractivity contribution in [3.05, 3.63) is 45.9 Å². The lowest BCUT2D eigenvalue weighted by Gasteiger charge is -2.11. The average molecular weight is 324 g/mol. The largest absolute Gasteiger partial charge is 0.416 e. The van der Waals surface area contributed by atoms with Crippen molar-refractivity contribution in [1.82, 2.24) is 19.3 Å². The van der Waals surface area contributed by atoms with Crippen LogP contribution in [0.15, 0.2) is 23.1 Å². The first kappa shape index (κ1) is 14.5. The van der Waals surface area contributed by atoms with Gasteiger partial charge in [-0.1, -0.05) is 0 Å². The highest BCUT2D eigenvalue weighted by Gasteiger charge is 2.36. The van der Waals surface area contributed by atoms with Gasteiger partial charge in [-0.25, -0.2) is 0 Å². The third kappa shape index (κ3) is 2.77. The lowest BCUT2D eigenvalue weighted by Crippen LogP contribution is -2.23. The van der Waals surface area contributed by atoms with Gasteiger partial charge in [0.25, 0.3) is 5.56 Å². The third-order valence-electron chi connectivity index (χ3n) is 4.28. The summed E-state index contributed by atoms with van der Waals surface area (Å²) in [7, 11) is 0. The van der Waals surface area contributed by atoms with E-state index in [9.17, 15) is 18.0 Å². The predicted octanol–water partition coefficient (Wildman–Crippen LogP) is 2.72. The fraction of sp³-hybridized carbons (Fsp3) is 0.533. The lowest BCUT2D eigenvalue weighted by molar-refractivity contribution is -0.137. The van der Waals surface area contributed by atoms with Crippen molar-refractivity contribution >= 4 is 0 Å². The van der Waals surface area contributed by atoms with E-state index in [0.717, 1.165) is 37.6 Å². The minimum Gasteiger partial charge on any atom is -0.310 e. The Morgan fingerprint density at radius 1 is 1.17 bits per heavy atom. The Morgan fingerprint density at radius 2 is 1.91 bits per heavy atom. The topological polar surface area (TPSA) is 52.7 Å². The first-order valence-electron chi connectivity index (χ1n) is 7.65. The molecule has 2 aliphatic carbocycles. The zero-order valence-corrected chi connectivity index (χ0v) is 12.3. The van der Waals surface area contributed by atoms with E-state index in [1.165, 1.54) is 10.8 Å².